The molecule has 1 aromatic carbocycles. The van der Waals surface area contributed by atoms with Gasteiger partial charge in [0.25, 0.3) is 0 Å². The maximum atomic E-state index is 12.6. The van der Waals surface area contributed by atoms with Crippen LogP contribution < -0.4 is 20.5 Å². The number of amides is 1. The Morgan fingerprint density at radius 3 is 2.73 bits per heavy atom. The zero-order valence-electron chi connectivity index (χ0n) is 13.2. The van der Waals surface area contributed by atoms with Crippen LogP contribution in [0, 0.1) is 17.8 Å². The molecule has 2 aliphatic carbocycles. The topological polar surface area (TPSA) is 73.6 Å². The Bertz CT molecular complexity index is 559. The molecule has 0 aliphatic heterocycles. The van der Waals surface area contributed by atoms with E-state index in [0.29, 0.717) is 29.9 Å². The average Bonchev–Trinajstić information content (AvgIpc) is 3.09. The van der Waals surface area contributed by atoms with Crippen LogP contribution in [0.3, 0.4) is 0 Å². The summed E-state index contributed by atoms with van der Waals surface area (Å²) < 4.78 is 10.8. The van der Waals surface area contributed by atoms with Crippen LogP contribution in [0.2, 0.25) is 0 Å². The summed E-state index contributed by atoms with van der Waals surface area (Å²) in [6.45, 7) is 2.49. The molecule has 0 spiro atoms. The average molecular weight is 304 g/mol. The minimum atomic E-state index is -0.0590. The molecule has 22 heavy (non-hydrogen) atoms. The number of anilines is 1. The minimum Gasteiger partial charge on any atom is -0.493 e. The van der Waals surface area contributed by atoms with E-state index in [-0.39, 0.29) is 17.9 Å². The lowest BCUT2D eigenvalue weighted by Crippen LogP contribution is -2.42. The number of hydrogen-bond donors (Lipinski definition) is 2. The van der Waals surface area contributed by atoms with Crippen molar-refractivity contribution in [3.05, 3.63) is 18.2 Å². The van der Waals surface area contributed by atoms with Crippen molar-refractivity contribution in [2.75, 3.05) is 19.0 Å². The Morgan fingerprint density at radius 1 is 1.32 bits per heavy atom. The first-order valence-electron chi connectivity index (χ1n) is 8.01. The van der Waals surface area contributed by atoms with Crippen molar-refractivity contribution in [3.63, 3.8) is 0 Å². The summed E-state index contributed by atoms with van der Waals surface area (Å²) in [4.78, 5) is 12.6. The second-order valence-corrected chi connectivity index (χ2v) is 6.22. The normalized spacial score (nSPS) is 29.4. The van der Waals surface area contributed by atoms with Gasteiger partial charge in [-0.25, -0.2) is 0 Å². The van der Waals surface area contributed by atoms with E-state index in [4.69, 9.17) is 15.2 Å². The highest BCUT2D eigenvalue weighted by atomic mass is 16.5. The van der Waals surface area contributed by atoms with E-state index in [0.717, 1.165) is 18.5 Å². The first-order valence-corrected chi connectivity index (χ1v) is 8.01. The standard InChI is InChI=1S/C17H24N2O3/c1-3-22-13-7-6-12(9-14(13)21-2)19-17(20)15-10-4-5-11(8-10)16(15)18/h6-7,9-11,15-16H,3-5,8,18H2,1-2H3,(H,19,20). The van der Waals surface area contributed by atoms with Crippen LogP contribution in [-0.2, 0) is 4.79 Å². The Labute approximate surface area is 131 Å². The van der Waals surface area contributed by atoms with Gasteiger partial charge in [0.15, 0.2) is 11.5 Å². The largest absolute Gasteiger partial charge is 0.493 e. The van der Waals surface area contributed by atoms with E-state index >= 15 is 0 Å². The lowest BCUT2D eigenvalue weighted by molar-refractivity contribution is -0.121. The lowest BCUT2D eigenvalue weighted by Gasteiger charge is -2.27. The van der Waals surface area contributed by atoms with Gasteiger partial charge in [0, 0.05) is 17.8 Å². The molecule has 0 heterocycles. The fourth-order valence-corrected chi connectivity index (χ4v) is 3.97. The fraction of sp³-hybridized carbons (Fsp3) is 0.588. The van der Waals surface area contributed by atoms with Crippen LogP contribution in [-0.4, -0.2) is 25.7 Å². The second kappa shape index (κ2) is 6.16. The SMILES string of the molecule is CCOc1ccc(NC(=O)C2C3CCC(C3)C2N)cc1OC. The van der Waals surface area contributed by atoms with Gasteiger partial charge in [-0.1, -0.05) is 0 Å². The molecule has 4 unspecified atom stereocenters. The molecule has 0 radical (unpaired) electrons. The number of methoxy groups -OCH3 is 1. The van der Waals surface area contributed by atoms with Crippen LogP contribution in [0.25, 0.3) is 0 Å². The molecule has 3 rings (SSSR count). The molecule has 4 atom stereocenters. The molecule has 2 saturated carbocycles. The molecule has 1 aromatic rings. The molecule has 0 aromatic heterocycles. The molecule has 1 amide bonds. The third-order valence-electron chi connectivity index (χ3n) is 5.01. The Hall–Kier alpha value is -1.75. The molecular formula is C17H24N2O3. The summed E-state index contributed by atoms with van der Waals surface area (Å²) >= 11 is 0. The molecule has 5 nitrogen and oxygen atoms in total. The summed E-state index contributed by atoms with van der Waals surface area (Å²) in [6, 6.07) is 5.45. The maximum Gasteiger partial charge on any atom is 0.229 e. The van der Waals surface area contributed by atoms with Crippen molar-refractivity contribution in [1.29, 1.82) is 0 Å². The lowest BCUT2D eigenvalue weighted by atomic mass is 9.84. The van der Waals surface area contributed by atoms with Gasteiger partial charge in [-0.05, 0) is 50.2 Å². The van der Waals surface area contributed by atoms with E-state index in [9.17, 15) is 4.79 Å². The van der Waals surface area contributed by atoms with Crippen LogP contribution in [0.1, 0.15) is 26.2 Å². The van der Waals surface area contributed by atoms with Crippen molar-refractivity contribution in [2.24, 2.45) is 23.5 Å². The van der Waals surface area contributed by atoms with Crippen LogP contribution in [0.15, 0.2) is 18.2 Å². The first-order chi connectivity index (χ1) is 10.6. The molecule has 120 valence electrons. The zero-order chi connectivity index (χ0) is 15.7. The fourth-order valence-electron chi connectivity index (χ4n) is 3.97. The van der Waals surface area contributed by atoms with E-state index in [1.54, 1.807) is 13.2 Å². The summed E-state index contributed by atoms with van der Waals surface area (Å²) in [5.74, 6) is 2.25. The minimum absolute atomic E-state index is 0.00310. The predicted molar refractivity (Wildman–Crippen MR) is 85.1 cm³/mol. The second-order valence-electron chi connectivity index (χ2n) is 6.22. The molecule has 2 fully saturated rings. The van der Waals surface area contributed by atoms with Gasteiger partial charge in [0.2, 0.25) is 5.91 Å². The Balaban J connectivity index is 1.71. The van der Waals surface area contributed by atoms with Crippen molar-refractivity contribution >= 4 is 11.6 Å². The number of ether oxygens (including phenoxy) is 2. The Kier molecular flexibility index (Phi) is 4.25. The number of nitrogens with one attached hydrogen (secondary N) is 1. The van der Waals surface area contributed by atoms with E-state index in [1.165, 1.54) is 6.42 Å². The number of nitrogens with two attached hydrogens (primary N) is 1. The number of rotatable bonds is 5. The van der Waals surface area contributed by atoms with Crippen LogP contribution in [0.5, 0.6) is 11.5 Å². The third kappa shape index (κ3) is 2.65. The van der Waals surface area contributed by atoms with Gasteiger partial charge in [-0.15, -0.1) is 0 Å². The molecule has 0 saturated heterocycles. The van der Waals surface area contributed by atoms with Gasteiger partial charge in [0.1, 0.15) is 0 Å². The summed E-state index contributed by atoms with van der Waals surface area (Å²) in [7, 11) is 1.59. The quantitative estimate of drug-likeness (QED) is 0.876. The monoisotopic (exact) mass is 304 g/mol. The van der Waals surface area contributed by atoms with Gasteiger partial charge in [-0.3, -0.25) is 4.79 Å². The van der Waals surface area contributed by atoms with Gasteiger partial charge in [-0.2, -0.15) is 0 Å². The van der Waals surface area contributed by atoms with Crippen LogP contribution in [0.4, 0.5) is 5.69 Å². The highest BCUT2D eigenvalue weighted by Crippen LogP contribution is 2.48. The summed E-state index contributed by atoms with van der Waals surface area (Å²) in [6.07, 6.45) is 3.40. The maximum absolute atomic E-state index is 12.6. The molecule has 2 aliphatic rings. The molecule has 3 N–H and O–H groups in total. The zero-order valence-corrected chi connectivity index (χ0v) is 13.2. The van der Waals surface area contributed by atoms with Gasteiger partial charge >= 0.3 is 0 Å². The smallest absolute Gasteiger partial charge is 0.229 e. The molecule has 2 bridgehead atoms. The first kappa shape index (κ1) is 15.2. The molecule has 5 heteroatoms. The number of carbonyl (C=O) groups is 1. The van der Waals surface area contributed by atoms with Gasteiger partial charge in [0.05, 0.1) is 19.6 Å². The third-order valence-corrected chi connectivity index (χ3v) is 5.01. The van der Waals surface area contributed by atoms with Crippen molar-refractivity contribution in [2.45, 2.75) is 32.2 Å². The van der Waals surface area contributed by atoms with Crippen molar-refractivity contribution in [1.82, 2.24) is 0 Å². The van der Waals surface area contributed by atoms with Crippen LogP contribution >= 0.6 is 0 Å². The predicted octanol–water partition coefficient (Wildman–Crippen LogP) is 2.41. The molecular weight excluding hydrogens is 280 g/mol. The highest BCUT2D eigenvalue weighted by Gasteiger charge is 2.49. The van der Waals surface area contributed by atoms with E-state index < -0.39 is 0 Å². The Morgan fingerprint density at radius 2 is 2.09 bits per heavy atom. The number of fused-ring (bicyclic) bond motifs is 2. The van der Waals surface area contributed by atoms with Crippen molar-refractivity contribution in [3.8, 4) is 11.5 Å². The van der Waals surface area contributed by atoms with E-state index in [1.807, 2.05) is 19.1 Å². The van der Waals surface area contributed by atoms with Gasteiger partial charge < -0.3 is 20.5 Å². The highest BCUT2D eigenvalue weighted by molar-refractivity contribution is 5.94. The number of carbonyl (C=O) groups excluding carboxylic acids is 1. The number of benzene rings is 1. The van der Waals surface area contributed by atoms with Crippen molar-refractivity contribution < 1.29 is 14.3 Å². The van der Waals surface area contributed by atoms with E-state index in [2.05, 4.69) is 5.32 Å². The summed E-state index contributed by atoms with van der Waals surface area (Å²) in [5.41, 5.74) is 6.96. The number of hydrogen-bond acceptors (Lipinski definition) is 4. The summed E-state index contributed by atoms with van der Waals surface area (Å²) in [5, 5.41) is 2.99.